The second-order valence-corrected chi connectivity index (χ2v) is 6.47. The summed E-state index contributed by atoms with van der Waals surface area (Å²) in [6.07, 6.45) is 0. The van der Waals surface area contributed by atoms with Crippen molar-refractivity contribution in [2.75, 3.05) is 5.75 Å². The molecule has 0 radical (unpaired) electrons. The lowest BCUT2D eigenvalue weighted by atomic mass is 10.4. The molecule has 0 N–H and O–H groups in total. The molecule has 72 valence electrons. The van der Waals surface area contributed by atoms with E-state index in [1.54, 1.807) is 30.3 Å². The van der Waals surface area contributed by atoms with Crippen LogP contribution >= 0.6 is 15.9 Å². The quantitative estimate of drug-likeness (QED) is 0.784. The molecule has 2 nitrogen and oxygen atoms in total. The lowest BCUT2D eigenvalue weighted by molar-refractivity contribution is 0.595. The second-order valence-electron chi connectivity index (χ2n) is 2.88. The highest BCUT2D eigenvalue weighted by atomic mass is 79.9. The first-order valence-corrected chi connectivity index (χ1v) is 6.51. The van der Waals surface area contributed by atoms with Gasteiger partial charge in [-0.15, -0.1) is 0 Å². The minimum Gasteiger partial charge on any atom is -0.224 e. The van der Waals surface area contributed by atoms with Crippen LogP contribution in [0.5, 0.6) is 0 Å². The maximum atomic E-state index is 11.6. The van der Waals surface area contributed by atoms with E-state index in [4.69, 9.17) is 0 Å². The van der Waals surface area contributed by atoms with Gasteiger partial charge in [0, 0.05) is 4.83 Å². The van der Waals surface area contributed by atoms with Gasteiger partial charge in [0.05, 0.1) is 10.6 Å². The average Bonchev–Trinajstić information content (AvgIpc) is 2.04. The summed E-state index contributed by atoms with van der Waals surface area (Å²) < 4.78 is 23.2. The molecule has 0 amide bonds. The predicted molar refractivity (Wildman–Crippen MR) is 56.9 cm³/mol. The highest BCUT2D eigenvalue weighted by molar-refractivity contribution is 9.09. The van der Waals surface area contributed by atoms with Crippen LogP contribution in [0.4, 0.5) is 0 Å². The predicted octanol–water partition coefficient (Wildman–Crippen LogP) is 2.24. The molecule has 0 fully saturated rings. The second kappa shape index (κ2) is 4.24. The largest absolute Gasteiger partial charge is 0.224 e. The fraction of sp³-hybridized carbons (Fsp3) is 0.333. The Hall–Kier alpha value is -0.350. The van der Waals surface area contributed by atoms with E-state index in [2.05, 4.69) is 15.9 Å². The topological polar surface area (TPSA) is 34.1 Å². The van der Waals surface area contributed by atoms with Crippen LogP contribution in [0.3, 0.4) is 0 Å². The van der Waals surface area contributed by atoms with E-state index in [0.717, 1.165) is 0 Å². The number of hydrogen-bond acceptors (Lipinski definition) is 2. The molecule has 0 saturated carbocycles. The van der Waals surface area contributed by atoms with Gasteiger partial charge in [0.15, 0.2) is 9.84 Å². The first-order valence-electron chi connectivity index (χ1n) is 3.94. The van der Waals surface area contributed by atoms with E-state index in [1.807, 2.05) is 6.92 Å². The van der Waals surface area contributed by atoms with Crippen molar-refractivity contribution in [2.45, 2.75) is 16.6 Å². The third-order valence-electron chi connectivity index (χ3n) is 1.55. The maximum absolute atomic E-state index is 11.6. The van der Waals surface area contributed by atoms with Crippen molar-refractivity contribution in [2.24, 2.45) is 0 Å². The Morgan fingerprint density at radius 3 is 2.31 bits per heavy atom. The molecule has 1 rings (SSSR count). The number of sulfone groups is 1. The highest BCUT2D eigenvalue weighted by Gasteiger charge is 2.15. The van der Waals surface area contributed by atoms with Gasteiger partial charge in [0.2, 0.25) is 0 Å². The van der Waals surface area contributed by atoms with Gasteiger partial charge in [0.25, 0.3) is 0 Å². The van der Waals surface area contributed by atoms with Crippen molar-refractivity contribution in [1.29, 1.82) is 0 Å². The van der Waals surface area contributed by atoms with Crippen LogP contribution < -0.4 is 0 Å². The number of benzene rings is 1. The van der Waals surface area contributed by atoms with Crippen molar-refractivity contribution in [1.82, 2.24) is 0 Å². The first-order chi connectivity index (χ1) is 6.02. The zero-order chi connectivity index (χ0) is 9.90. The molecule has 0 saturated heterocycles. The van der Waals surface area contributed by atoms with Crippen molar-refractivity contribution < 1.29 is 8.42 Å². The van der Waals surface area contributed by atoms with Crippen LogP contribution in [0, 0.1) is 0 Å². The molecule has 0 aliphatic rings. The van der Waals surface area contributed by atoms with Gasteiger partial charge in [0.1, 0.15) is 0 Å². The standard InChI is InChI=1S/C9H11BrO2S/c1-8(10)7-13(11,12)9-5-3-2-4-6-9/h2-6,8H,7H2,1H3. The summed E-state index contributed by atoms with van der Waals surface area (Å²) in [6, 6.07) is 8.49. The third kappa shape index (κ3) is 3.12. The lowest BCUT2D eigenvalue weighted by Crippen LogP contribution is -2.13. The molecule has 0 heterocycles. The smallest absolute Gasteiger partial charge is 0.179 e. The Morgan fingerprint density at radius 1 is 1.31 bits per heavy atom. The fourth-order valence-electron chi connectivity index (χ4n) is 1.03. The molecule has 1 atom stereocenters. The summed E-state index contributed by atoms with van der Waals surface area (Å²) in [5, 5.41) is 0. The first kappa shape index (κ1) is 10.7. The Bertz CT molecular complexity index is 356. The Balaban J connectivity index is 2.96. The molecular weight excluding hydrogens is 252 g/mol. The lowest BCUT2D eigenvalue weighted by Gasteiger charge is -2.04. The van der Waals surface area contributed by atoms with Crippen LogP contribution in [-0.4, -0.2) is 19.0 Å². The Kier molecular flexibility index (Phi) is 3.50. The summed E-state index contributed by atoms with van der Waals surface area (Å²) >= 11 is 3.23. The van der Waals surface area contributed by atoms with Crippen molar-refractivity contribution >= 4 is 25.8 Å². The van der Waals surface area contributed by atoms with Gasteiger partial charge in [-0.05, 0) is 12.1 Å². The van der Waals surface area contributed by atoms with Gasteiger partial charge in [-0.25, -0.2) is 8.42 Å². The molecule has 0 aliphatic carbocycles. The number of halogens is 1. The summed E-state index contributed by atoms with van der Waals surface area (Å²) in [5.41, 5.74) is 0. The monoisotopic (exact) mass is 262 g/mol. The molecule has 1 aromatic carbocycles. The summed E-state index contributed by atoms with van der Waals surface area (Å²) in [7, 11) is -3.11. The van der Waals surface area contributed by atoms with Crippen molar-refractivity contribution in [3.05, 3.63) is 30.3 Å². The van der Waals surface area contributed by atoms with Gasteiger partial charge >= 0.3 is 0 Å². The summed E-state index contributed by atoms with van der Waals surface area (Å²) in [5.74, 6) is 0.136. The SMILES string of the molecule is CC(Br)CS(=O)(=O)c1ccccc1. The molecule has 13 heavy (non-hydrogen) atoms. The van der Waals surface area contributed by atoms with E-state index in [1.165, 1.54) is 0 Å². The highest BCUT2D eigenvalue weighted by Crippen LogP contribution is 2.13. The van der Waals surface area contributed by atoms with Crippen LogP contribution in [0.15, 0.2) is 35.2 Å². The van der Waals surface area contributed by atoms with Crippen LogP contribution in [0.2, 0.25) is 0 Å². The van der Waals surface area contributed by atoms with Gasteiger partial charge in [-0.3, -0.25) is 0 Å². The minimum absolute atomic E-state index is 0.0160. The van der Waals surface area contributed by atoms with Crippen LogP contribution in [-0.2, 0) is 9.84 Å². The van der Waals surface area contributed by atoms with Crippen LogP contribution in [0.25, 0.3) is 0 Å². The molecule has 1 aromatic rings. The Labute approximate surface area is 87.0 Å². The van der Waals surface area contributed by atoms with E-state index in [-0.39, 0.29) is 10.6 Å². The molecule has 0 spiro atoms. The zero-order valence-corrected chi connectivity index (χ0v) is 9.68. The fourth-order valence-corrected chi connectivity index (χ4v) is 3.44. The third-order valence-corrected chi connectivity index (χ3v) is 4.23. The number of hydrogen-bond donors (Lipinski definition) is 0. The minimum atomic E-state index is -3.11. The van der Waals surface area contributed by atoms with Gasteiger partial charge in [-0.1, -0.05) is 41.1 Å². The number of alkyl halides is 1. The summed E-state index contributed by atoms with van der Waals surface area (Å²) in [6.45, 7) is 1.82. The maximum Gasteiger partial charge on any atom is 0.179 e. The van der Waals surface area contributed by atoms with Gasteiger partial charge < -0.3 is 0 Å². The Morgan fingerprint density at radius 2 is 1.85 bits per heavy atom. The van der Waals surface area contributed by atoms with E-state index in [0.29, 0.717) is 4.90 Å². The zero-order valence-electron chi connectivity index (χ0n) is 7.27. The average molecular weight is 263 g/mol. The van der Waals surface area contributed by atoms with Crippen molar-refractivity contribution in [3.63, 3.8) is 0 Å². The van der Waals surface area contributed by atoms with Crippen molar-refractivity contribution in [3.8, 4) is 0 Å². The van der Waals surface area contributed by atoms with Crippen LogP contribution in [0.1, 0.15) is 6.92 Å². The van der Waals surface area contributed by atoms with Gasteiger partial charge in [-0.2, -0.15) is 0 Å². The normalized spacial score (nSPS) is 14.0. The van der Waals surface area contributed by atoms with E-state index < -0.39 is 9.84 Å². The van der Waals surface area contributed by atoms with E-state index in [9.17, 15) is 8.42 Å². The summed E-state index contributed by atoms with van der Waals surface area (Å²) in [4.78, 5) is 0.374. The molecule has 0 aliphatic heterocycles. The number of rotatable bonds is 3. The molecule has 0 aromatic heterocycles. The molecule has 1 unspecified atom stereocenters. The molecule has 0 bridgehead atoms. The van der Waals surface area contributed by atoms with E-state index >= 15 is 0 Å². The molecular formula is C9H11BrO2S. The molecule has 4 heteroatoms.